The molecular weight excluding hydrogens is 515 g/mol. The maximum atomic E-state index is 13.5. The van der Waals surface area contributed by atoms with Gasteiger partial charge in [-0.2, -0.15) is 10.1 Å². The highest BCUT2D eigenvalue weighted by molar-refractivity contribution is 6.39. The third kappa shape index (κ3) is 10.4. The molecule has 0 aliphatic heterocycles. The molecule has 216 valence electrons. The molecule has 2 amide bonds. The van der Waals surface area contributed by atoms with Crippen LogP contribution in [-0.4, -0.2) is 96.9 Å². The molecule has 1 heterocycles. The fourth-order valence-electron chi connectivity index (χ4n) is 3.27. The van der Waals surface area contributed by atoms with Gasteiger partial charge in [0.15, 0.2) is 0 Å². The third-order valence-electron chi connectivity index (χ3n) is 5.62. The molecule has 40 heavy (non-hydrogen) atoms. The average molecular weight is 555 g/mol. The normalized spacial score (nSPS) is 12.6. The van der Waals surface area contributed by atoms with Gasteiger partial charge in [0, 0.05) is 50.9 Å². The Hall–Kier alpha value is -4.39. The van der Waals surface area contributed by atoms with Crippen molar-refractivity contribution in [1.82, 2.24) is 25.1 Å². The van der Waals surface area contributed by atoms with E-state index in [0.717, 1.165) is 6.42 Å². The smallest absolute Gasteiger partial charge is 0.246 e. The number of aliphatic imine (C=N–C) groups is 1. The quantitative estimate of drug-likeness (QED) is 0.0857. The Bertz CT molecular complexity index is 1220. The lowest BCUT2D eigenvalue weighted by Gasteiger charge is -2.22. The second-order valence-electron chi connectivity index (χ2n) is 9.15. The van der Waals surface area contributed by atoms with Gasteiger partial charge in [0.1, 0.15) is 23.4 Å². The van der Waals surface area contributed by atoms with E-state index >= 15 is 0 Å². The van der Waals surface area contributed by atoms with Crippen molar-refractivity contribution in [3.05, 3.63) is 54.0 Å². The van der Waals surface area contributed by atoms with Gasteiger partial charge in [-0.3, -0.25) is 14.6 Å². The summed E-state index contributed by atoms with van der Waals surface area (Å²) in [4.78, 5) is 41.2. The fourth-order valence-corrected chi connectivity index (χ4v) is 3.27. The lowest BCUT2D eigenvalue weighted by atomic mass is 10.2. The second-order valence-corrected chi connectivity index (χ2v) is 9.15. The van der Waals surface area contributed by atoms with E-state index in [-0.39, 0.29) is 36.7 Å². The molecule has 0 aliphatic rings. The van der Waals surface area contributed by atoms with Gasteiger partial charge >= 0.3 is 0 Å². The van der Waals surface area contributed by atoms with E-state index in [1.54, 1.807) is 38.4 Å². The zero-order chi connectivity index (χ0) is 29.5. The summed E-state index contributed by atoms with van der Waals surface area (Å²) in [6.45, 7) is 5.46. The van der Waals surface area contributed by atoms with Crippen molar-refractivity contribution >= 4 is 41.2 Å². The summed E-state index contributed by atoms with van der Waals surface area (Å²) in [5.74, 6) is 5.48. The molecule has 1 aromatic carbocycles. The van der Waals surface area contributed by atoms with Crippen LogP contribution in [0.3, 0.4) is 0 Å². The topological polar surface area (TPSA) is 153 Å². The highest BCUT2D eigenvalue weighted by atomic mass is 19.1. The minimum absolute atomic E-state index is 0.252. The van der Waals surface area contributed by atoms with Crippen molar-refractivity contribution in [2.45, 2.75) is 26.3 Å². The molecule has 0 saturated carbocycles. The first kappa shape index (κ1) is 31.8. The average Bonchev–Trinajstić information content (AvgIpc) is 2.93. The van der Waals surface area contributed by atoms with Crippen LogP contribution in [0.5, 0.6) is 0 Å². The van der Waals surface area contributed by atoms with Crippen molar-refractivity contribution in [3.63, 3.8) is 0 Å². The zero-order valence-electron chi connectivity index (χ0n) is 23.7. The number of aromatic nitrogens is 2. The van der Waals surface area contributed by atoms with Crippen molar-refractivity contribution in [1.29, 1.82) is 0 Å². The molecular formula is C27H39FN10O2. The van der Waals surface area contributed by atoms with Crippen LogP contribution in [0.4, 0.5) is 21.8 Å². The summed E-state index contributed by atoms with van der Waals surface area (Å²) in [6, 6.07) is 5.34. The molecule has 1 aromatic heterocycles. The molecule has 5 N–H and O–H groups in total. The Morgan fingerprint density at radius 3 is 2.67 bits per heavy atom. The lowest BCUT2D eigenvalue weighted by molar-refractivity contribution is -0.135. The molecule has 0 bridgehead atoms. The highest BCUT2D eigenvalue weighted by Crippen LogP contribution is 2.19. The van der Waals surface area contributed by atoms with Crippen molar-refractivity contribution in [2.24, 2.45) is 15.9 Å². The Labute approximate surface area is 234 Å². The van der Waals surface area contributed by atoms with Crippen LogP contribution in [0.25, 0.3) is 0 Å². The van der Waals surface area contributed by atoms with Crippen LogP contribution < -0.4 is 21.8 Å². The summed E-state index contributed by atoms with van der Waals surface area (Å²) in [7, 11) is 5.39. The van der Waals surface area contributed by atoms with Gasteiger partial charge in [-0.25, -0.2) is 9.37 Å². The largest absolute Gasteiger partial charge is 0.369 e. The Morgan fingerprint density at radius 2 is 2.00 bits per heavy atom. The Morgan fingerprint density at radius 1 is 1.23 bits per heavy atom. The van der Waals surface area contributed by atoms with Gasteiger partial charge in [0.05, 0.1) is 12.1 Å². The second kappa shape index (κ2) is 16.5. The van der Waals surface area contributed by atoms with Gasteiger partial charge in [-0.15, -0.1) is 0 Å². The standard InChI is InChI=1S/C27H39FN10O2/c1-6-12-31-25-22(17-33-27(35-25)34-21-10-7-9-20(28)16-21)23(36-29)18-30-13-14-32-26(40)19(2)38(5)24(39)11-8-15-37(3)4/h7-11,16-19H,6,12-15,29H2,1-5H3,(H,32,40)(H2,31,33,34,35)/b11-8+,30-18?,36-23?/t19-/m0/s1. The fraction of sp³-hybridized carbons (Fsp3) is 0.407. The first-order chi connectivity index (χ1) is 19.2. The first-order valence-electron chi connectivity index (χ1n) is 12.9. The maximum Gasteiger partial charge on any atom is 0.246 e. The van der Waals surface area contributed by atoms with E-state index in [4.69, 9.17) is 5.84 Å². The number of nitrogens with two attached hydrogens (primary N) is 1. The molecule has 0 aliphatic carbocycles. The molecule has 13 heteroatoms. The highest BCUT2D eigenvalue weighted by Gasteiger charge is 2.20. The number of likely N-dealkylation sites (N-methyl/N-ethyl adjacent to an activating group) is 2. The number of rotatable bonds is 15. The summed E-state index contributed by atoms with van der Waals surface area (Å²) in [5, 5.41) is 12.8. The van der Waals surface area contributed by atoms with E-state index in [1.165, 1.54) is 29.3 Å². The molecule has 0 fully saturated rings. The Balaban J connectivity index is 1.98. The summed E-state index contributed by atoms with van der Waals surface area (Å²) in [5.41, 5.74) is 1.38. The summed E-state index contributed by atoms with van der Waals surface area (Å²) < 4.78 is 13.5. The van der Waals surface area contributed by atoms with Crippen LogP contribution >= 0.6 is 0 Å². The van der Waals surface area contributed by atoms with Crippen LogP contribution in [-0.2, 0) is 9.59 Å². The third-order valence-corrected chi connectivity index (χ3v) is 5.62. The van der Waals surface area contributed by atoms with Gasteiger partial charge in [0.25, 0.3) is 0 Å². The number of benzene rings is 1. The van der Waals surface area contributed by atoms with Crippen molar-refractivity contribution < 1.29 is 14.0 Å². The maximum absolute atomic E-state index is 13.5. The number of hydrogen-bond donors (Lipinski definition) is 4. The molecule has 2 aromatic rings. The van der Waals surface area contributed by atoms with Crippen LogP contribution in [0.1, 0.15) is 25.8 Å². The van der Waals surface area contributed by atoms with Crippen LogP contribution in [0, 0.1) is 5.82 Å². The van der Waals surface area contributed by atoms with Gasteiger partial charge < -0.3 is 31.6 Å². The van der Waals surface area contributed by atoms with Gasteiger partial charge in [-0.05, 0) is 45.6 Å². The van der Waals surface area contributed by atoms with E-state index in [9.17, 15) is 14.0 Å². The number of nitrogens with zero attached hydrogens (tertiary/aromatic N) is 6. The molecule has 0 unspecified atom stereocenters. The van der Waals surface area contributed by atoms with Gasteiger partial charge in [0.2, 0.25) is 17.8 Å². The summed E-state index contributed by atoms with van der Waals surface area (Å²) in [6.07, 6.45) is 7.09. The lowest BCUT2D eigenvalue weighted by Crippen LogP contribution is -2.46. The predicted molar refractivity (Wildman–Crippen MR) is 158 cm³/mol. The summed E-state index contributed by atoms with van der Waals surface area (Å²) >= 11 is 0. The zero-order valence-corrected chi connectivity index (χ0v) is 23.7. The molecule has 0 radical (unpaired) electrons. The van der Waals surface area contributed by atoms with Crippen LogP contribution in [0.15, 0.2) is 52.7 Å². The van der Waals surface area contributed by atoms with Crippen molar-refractivity contribution in [2.75, 3.05) is 58.0 Å². The minimum atomic E-state index is -0.648. The molecule has 1 atom stereocenters. The number of halogens is 1. The number of carbonyl (C=O) groups excluding carboxylic acids is 2. The molecule has 2 rings (SSSR count). The molecule has 0 spiro atoms. The number of amides is 2. The van der Waals surface area contributed by atoms with Crippen molar-refractivity contribution in [3.8, 4) is 0 Å². The van der Waals surface area contributed by atoms with Gasteiger partial charge in [-0.1, -0.05) is 19.1 Å². The number of hydrazone groups is 1. The van der Waals surface area contributed by atoms with E-state index < -0.39 is 6.04 Å². The first-order valence-corrected chi connectivity index (χ1v) is 12.9. The number of nitrogens with one attached hydrogen (secondary N) is 3. The number of hydrogen-bond acceptors (Lipinski definition) is 10. The molecule has 12 nitrogen and oxygen atoms in total. The van der Waals surface area contributed by atoms with Crippen LogP contribution in [0.2, 0.25) is 0 Å². The predicted octanol–water partition coefficient (Wildman–Crippen LogP) is 2.00. The van der Waals surface area contributed by atoms with E-state index in [2.05, 4.69) is 36.0 Å². The monoisotopic (exact) mass is 554 g/mol. The molecule has 0 saturated heterocycles. The van der Waals surface area contributed by atoms with E-state index in [0.29, 0.717) is 35.9 Å². The SMILES string of the molecule is CCCNc1nc(Nc2cccc(F)c2)ncc1C(C=NCCNC(=O)[C@H](C)N(C)C(=O)/C=C/CN(C)C)=NN. The number of carbonyl (C=O) groups is 2. The number of anilines is 3. The van der Waals surface area contributed by atoms with E-state index in [1.807, 2.05) is 25.9 Å². The minimum Gasteiger partial charge on any atom is -0.369 e. The Kier molecular flexibility index (Phi) is 13.2.